The van der Waals surface area contributed by atoms with Crippen molar-refractivity contribution < 1.29 is 13.6 Å². The van der Waals surface area contributed by atoms with E-state index in [9.17, 15) is 9.18 Å². The number of furan rings is 1. The number of nitriles is 1. The monoisotopic (exact) mass is 293 g/mol. The maximum atomic E-state index is 13.5. The molecule has 0 aliphatic carbocycles. The average molecular weight is 294 g/mol. The molecule has 1 aromatic carbocycles. The number of carbonyl (C=O) groups is 1. The van der Waals surface area contributed by atoms with E-state index in [1.165, 1.54) is 18.2 Å². The van der Waals surface area contributed by atoms with Gasteiger partial charge in [-0.15, -0.1) is 0 Å². The molecular formula is C12H5BrFNO2. The predicted octanol–water partition coefficient (Wildman–Crippen LogP) is 3.53. The minimum absolute atomic E-state index is 0.0530. The highest BCUT2D eigenvalue weighted by Gasteiger charge is 2.12. The van der Waals surface area contributed by atoms with Crippen LogP contribution in [0, 0.1) is 17.1 Å². The number of aldehydes is 1. The van der Waals surface area contributed by atoms with Gasteiger partial charge in [-0.1, -0.05) is 0 Å². The van der Waals surface area contributed by atoms with Crippen molar-refractivity contribution >= 4 is 22.2 Å². The summed E-state index contributed by atoms with van der Waals surface area (Å²) in [4.78, 5) is 10.5. The second kappa shape index (κ2) is 4.52. The smallest absolute Gasteiger partial charge is 0.185 e. The van der Waals surface area contributed by atoms with Gasteiger partial charge in [0.15, 0.2) is 12.0 Å². The molecule has 0 amide bonds. The quantitative estimate of drug-likeness (QED) is 0.796. The Hall–Kier alpha value is -1.93. The van der Waals surface area contributed by atoms with Crippen LogP contribution in [0.5, 0.6) is 0 Å². The average Bonchev–Trinajstić information content (AvgIpc) is 2.80. The van der Waals surface area contributed by atoms with Crippen molar-refractivity contribution in [2.24, 2.45) is 0 Å². The summed E-state index contributed by atoms with van der Waals surface area (Å²) in [5.41, 5.74) is 0.400. The van der Waals surface area contributed by atoms with Gasteiger partial charge in [-0.25, -0.2) is 4.39 Å². The highest BCUT2D eigenvalue weighted by molar-refractivity contribution is 9.10. The summed E-state index contributed by atoms with van der Waals surface area (Å²) in [6.07, 6.45) is 0.567. The Labute approximate surface area is 105 Å². The summed E-state index contributed by atoms with van der Waals surface area (Å²) in [6, 6.07) is 7.35. The Morgan fingerprint density at radius 1 is 1.41 bits per heavy atom. The highest BCUT2D eigenvalue weighted by Crippen LogP contribution is 2.31. The summed E-state index contributed by atoms with van der Waals surface area (Å²) in [6.45, 7) is 0. The van der Waals surface area contributed by atoms with Crippen molar-refractivity contribution in [1.29, 1.82) is 5.26 Å². The predicted molar refractivity (Wildman–Crippen MR) is 61.9 cm³/mol. The Morgan fingerprint density at radius 3 is 2.76 bits per heavy atom. The van der Waals surface area contributed by atoms with E-state index in [1.54, 1.807) is 12.1 Å². The molecule has 0 spiro atoms. The van der Waals surface area contributed by atoms with Crippen LogP contribution in [0.2, 0.25) is 0 Å². The fourth-order valence-electron chi connectivity index (χ4n) is 1.38. The zero-order valence-electron chi connectivity index (χ0n) is 8.41. The lowest BCUT2D eigenvalue weighted by Gasteiger charge is -2.02. The van der Waals surface area contributed by atoms with Gasteiger partial charge in [-0.3, -0.25) is 4.79 Å². The number of nitrogens with zero attached hydrogens (tertiary/aromatic N) is 1. The molecule has 2 aromatic rings. The summed E-state index contributed by atoms with van der Waals surface area (Å²) in [5.74, 6) is -0.103. The number of benzene rings is 1. The maximum Gasteiger partial charge on any atom is 0.185 e. The molecule has 1 heterocycles. The first-order valence-corrected chi connectivity index (χ1v) is 5.39. The number of carbonyl (C=O) groups excluding carboxylic acids is 1. The van der Waals surface area contributed by atoms with Gasteiger partial charge >= 0.3 is 0 Å². The van der Waals surface area contributed by atoms with E-state index in [4.69, 9.17) is 9.68 Å². The van der Waals surface area contributed by atoms with E-state index < -0.39 is 5.82 Å². The maximum absolute atomic E-state index is 13.5. The van der Waals surface area contributed by atoms with E-state index in [1.807, 2.05) is 0 Å². The van der Waals surface area contributed by atoms with Gasteiger partial charge in [0.1, 0.15) is 17.6 Å². The number of rotatable bonds is 2. The lowest BCUT2D eigenvalue weighted by molar-refractivity contribution is 0.110. The lowest BCUT2D eigenvalue weighted by atomic mass is 10.1. The van der Waals surface area contributed by atoms with Gasteiger partial charge < -0.3 is 4.42 Å². The Morgan fingerprint density at radius 2 is 2.18 bits per heavy atom. The molecule has 0 N–H and O–H groups in total. The fraction of sp³-hybridized carbons (Fsp3) is 0. The van der Waals surface area contributed by atoms with Crippen molar-refractivity contribution in [3.05, 3.63) is 45.9 Å². The molecular weight excluding hydrogens is 289 g/mol. The molecule has 17 heavy (non-hydrogen) atoms. The first-order valence-electron chi connectivity index (χ1n) is 4.60. The molecule has 0 atom stereocenters. The third-order valence-electron chi connectivity index (χ3n) is 2.19. The third-order valence-corrected chi connectivity index (χ3v) is 2.84. The van der Waals surface area contributed by atoms with Crippen LogP contribution in [0.3, 0.4) is 0 Å². The Bertz CT molecular complexity index is 628. The van der Waals surface area contributed by atoms with E-state index >= 15 is 0 Å². The van der Waals surface area contributed by atoms with Crippen molar-refractivity contribution in [1.82, 2.24) is 0 Å². The minimum Gasteiger partial charge on any atom is -0.453 e. The molecule has 5 heteroatoms. The van der Waals surface area contributed by atoms with Crippen LogP contribution in [0.1, 0.15) is 16.1 Å². The molecule has 0 bridgehead atoms. The number of hydrogen-bond donors (Lipinski definition) is 0. The number of halogens is 2. The first-order chi connectivity index (χ1) is 8.15. The van der Waals surface area contributed by atoms with Gasteiger partial charge in [-0.2, -0.15) is 5.26 Å². The SMILES string of the molecule is N#Cc1cc(Br)c(-c2ccc(C=O)o2)cc1F. The van der Waals surface area contributed by atoms with Crippen LogP contribution in [-0.4, -0.2) is 6.29 Å². The van der Waals surface area contributed by atoms with E-state index in [0.717, 1.165) is 0 Å². The van der Waals surface area contributed by atoms with Crippen LogP contribution >= 0.6 is 15.9 Å². The minimum atomic E-state index is -0.630. The second-order valence-corrected chi connectivity index (χ2v) is 4.10. The van der Waals surface area contributed by atoms with E-state index in [2.05, 4.69) is 15.9 Å². The second-order valence-electron chi connectivity index (χ2n) is 3.24. The van der Waals surface area contributed by atoms with Gasteiger partial charge in [0.2, 0.25) is 0 Å². The van der Waals surface area contributed by atoms with Crippen LogP contribution in [0.25, 0.3) is 11.3 Å². The molecule has 0 saturated carbocycles. The molecule has 0 fully saturated rings. The van der Waals surface area contributed by atoms with Gasteiger partial charge in [-0.05, 0) is 40.2 Å². The van der Waals surface area contributed by atoms with Gasteiger partial charge in [0, 0.05) is 10.0 Å². The summed E-state index contributed by atoms with van der Waals surface area (Å²) in [7, 11) is 0. The molecule has 2 rings (SSSR count). The van der Waals surface area contributed by atoms with Crippen molar-refractivity contribution in [3.63, 3.8) is 0 Å². The largest absolute Gasteiger partial charge is 0.453 e. The normalized spacial score (nSPS) is 9.94. The van der Waals surface area contributed by atoms with Crippen LogP contribution in [0.15, 0.2) is 33.2 Å². The molecule has 0 radical (unpaired) electrons. The first kappa shape index (κ1) is 11.6. The molecule has 1 aromatic heterocycles. The van der Waals surface area contributed by atoms with Crippen LogP contribution in [-0.2, 0) is 0 Å². The molecule has 0 aliphatic rings. The topological polar surface area (TPSA) is 54.0 Å². The standard InChI is InChI=1S/C12H5BrFNO2/c13-10-3-7(5-15)11(14)4-9(10)12-2-1-8(6-16)17-12/h1-4,6H. The highest BCUT2D eigenvalue weighted by atomic mass is 79.9. The van der Waals surface area contributed by atoms with E-state index in [-0.39, 0.29) is 11.3 Å². The van der Waals surface area contributed by atoms with E-state index in [0.29, 0.717) is 22.1 Å². The molecule has 3 nitrogen and oxygen atoms in total. The van der Waals surface area contributed by atoms with Crippen molar-refractivity contribution in [3.8, 4) is 17.4 Å². The third kappa shape index (κ3) is 2.12. The zero-order chi connectivity index (χ0) is 12.4. The Balaban J connectivity index is 2.56. The van der Waals surface area contributed by atoms with Crippen LogP contribution < -0.4 is 0 Å². The fourth-order valence-corrected chi connectivity index (χ4v) is 1.92. The molecule has 0 unspecified atom stereocenters. The number of hydrogen-bond acceptors (Lipinski definition) is 3. The molecule has 0 saturated heterocycles. The zero-order valence-corrected chi connectivity index (χ0v) is 9.99. The molecule has 84 valence electrons. The summed E-state index contributed by atoms with van der Waals surface area (Å²) in [5, 5.41) is 8.67. The van der Waals surface area contributed by atoms with Crippen molar-refractivity contribution in [2.45, 2.75) is 0 Å². The molecule has 0 aliphatic heterocycles. The van der Waals surface area contributed by atoms with Crippen LogP contribution in [0.4, 0.5) is 4.39 Å². The van der Waals surface area contributed by atoms with Crippen molar-refractivity contribution in [2.75, 3.05) is 0 Å². The lowest BCUT2D eigenvalue weighted by Crippen LogP contribution is -1.87. The summed E-state index contributed by atoms with van der Waals surface area (Å²) < 4.78 is 19.2. The summed E-state index contributed by atoms with van der Waals surface area (Å²) >= 11 is 3.22. The van der Waals surface area contributed by atoms with Gasteiger partial charge in [0.05, 0.1) is 5.56 Å². The Kier molecular flexibility index (Phi) is 3.07. The van der Waals surface area contributed by atoms with Gasteiger partial charge in [0.25, 0.3) is 0 Å².